The fraction of sp³-hybridized carbons (Fsp3) is 0.333. The van der Waals surface area contributed by atoms with Gasteiger partial charge in [0.05, 0.1) is 6.21 Å². The minimum Gasteiger partial charge on any atom is -0.378 e. The summed E-state index contributed by atoms with van der Waals surface area (Å²) >= 11 is 0. The lowest BCUT2D eigenvalue weighted by molar-refractivity contribution is -0.129. The second kappa shape index (κ2) is 10.4. The van der Waals surface area contributed by atoms with E-state index in [-0.39, 0.29) is 0 Å². The van der Waals surface area contributed by atoms with Crippen LogP contribution in [0.15, 0.2) is 59.7 Å². The van der Waals surface area contributed by atoms with E-state index in [0.717, 1.165) is 31.5 Å². The maximum absolute atomic E-state index is 11.9. The van der Waals surface area contributed by atoms with E-state index in [2.05, 4.69) is 41.4 Å². The number of nitrogens with one attached hydrogen (secondary N) is 1. The average Bonchev–Trinajstić information content (AvgIpc) is 2.68. The van der Waals surface area contributed by atoms with Crippen LogP contribution in [0.4, 0.5) is 5.69 Å². The quantitative estimate of drug-likeness (QED) is 0.536. The number of carbonyl (C=O) groups excluding carboxylic acids is 1. The summed E-state index contributed by atoms with van der Waals surface area (Å²) in [5, 5.41) is 13.9. The largest absolute Gasteiger partial charge is 0.378 e. The smallest absolute Gasteiger partial charge is 0.273 e. The maximum Gasteiger partial charge on any atom is 0.273 e. The first kappa shape index (κ1) is 19.7. The van der Waals surface area contributed by atoms with Crippen LogP contribution in [0.1, 0.15) is 43.9 Å². The lowest BCUT2D eigenvalue weighted by Crippen LogP contribution is -2.25. The third kappa shape index (κ3) is 5.70. The summed E-state index contributed by atoms with van der Waals surface area (Å²) in [6.45, 7) is 6.43. The summed E-state index contributed by atoms with van der Waals surface area (Å²) in [6.07, 6.45) is 2.56. The lowest BCUT2D eigenvalue weighted by Gasteiger charge is -2.23. The van der Waals surface area contributed by atoms with E-state index in [1.54, 1.807) is 30.5 Å². The van der Waals surface area contributed by atoms with Crippen LogP contribution < -0.4 is 10.3 Å². The van der Waals surface area contributed by atoms with E-state index in [1.165, 1.54) is 5.69 Å². The Kier molecular flexibility index (Phi) is 7.83. The van der Waals surface area contributed by atoms with Gasteiger partial charge in [-0.3, -0.25) is 4.79 Å². The van der Waals surface area contributed by atoms with Gasteiger partial charge in [0.2, 0.25) is 0 Å². The van der Waals surface area contributed by atoms with Crippen molar-refractivity contribution >= 4 is 17.8 Å². The minimum atomic E-state index is -1.23. The van der Waals surface area contributed by atoms with E-state index in [9.17, 15) is 9.90 Å². The molecule has 2 N–H and O–H groups in total. The van der Waals surface area contributed by atoms with Crippen LogP contribution in [-0.2, 0) is 4.79 Å². The summed E-state index contributed by atoms with van der Waals surface area (Å²) in [5.41, 5.74) is 4.99. The number of benzene rings is 2. The number of rotatable bonds is 9. The molecule has 0 saturated carbocycles. The number of hydrazone groups is 1. The molecule has 2 rings (SSSR count). The van der Waals surface area contributed by atoms with Gasteiger partial charge in [0, 0.05) is 18.8 Å². The Morgan fingerprint density at radius 3 is 2.27 bits per heavy atom. The molecule has 0 aliphatic carbocycles. The SMILES string of the molecule is CCCN(CCC)c1ccc(/C=N\NC(=O)[C@@H](O)c2ccccc2)cc1. The van der Waals surface area contributed by atoms with Crippen LogP contribution in [0.3, 0.4) is 0 Å². The van der Waals surface area contributed by atoms with Crippen LogP contribution in [0.25, 0.3) is 0 Å². The monoisotopic (exact) mass is 353 g/mol. The number of carbonyl (C=O) groups is 1. The highest BCUT2D eigenvalue weighted by molar-refractivity contribution is 5.85. The zero-order valence-corrected chi connectivity index (χ0v) is 15.4. The minimum absolute atomic E-state index is 0.538. The molecule has 5 heteroatoms. The van der Waals surface area contributed by atoms with Crippen molar-refractivity contribution in [2.75, 3.05) is 18.0 Å². The van der Waals surface area contributed by atoms with Gasteiger partial charge in [0.15, 0.2) is 6.10 Å². The van der Waals surface area contributed by atoms with Crippen LogP contribution in [0.5, 0.6) is 0 Å². The molecule has 0 aliphatic heterocycles. The second-order valence-electron chi connectivity index (χ2n) is 6.13. The molecule has 0 spiro atoms. The molecule has 1 amide bonds. The van der Waals surface area contributed by atoms with Gasteiger partial charge in [-0.2, -0.15) is 5.10 Å². The zero-order chi connectivity index (χ0) is 18.8. The molecule has 0 unspecified atom stereocenters. The zero-order valence-electron chi connectivity index (χ0n) is 15.4. The molecular formula is C21H27N3O2. The van der Waals surface area contributed by atoms with Gasteiger partial charge >= 0.3 is 0 Å². The van der Waals surface area contributed by atoms with Gasteiger partial charge in [-0.05, 0) is 36.1 Å². The predicted molar refractivity (Wildman–Crippen MR) is 106 cm³/mol. The van der Waals surface area contributed by atoms with E-state index in [4.69, 9.17) is 0 Å². The number of hydrogen-bond donors (Lipinski definition) is 2. The van der Waals surface area contributed by atoms with Gasteiger partial charge in [0.1, 0.15) is 0 Å². The third-order valence-electron chi connectivity index (χ3n) is 4.00. The van der Waals surface area contributed by atoms with Crippen molar-refractivity contribution in [2.24, 2.45) is 5.10 Å². The van der Waals surface area contributed by atoms with Crippen LogP contribution >= 0.6 is 0 Å². The van der Waals surface area contributed by atoms with Gasteiger partial charge in [0.25, 0.3) is 5.91 Å². The Morgan fingerprint density at radius 1 is 1.08 bits per heavy atom. The van der Waals surface area contributed by atoms with Crippen LogP contribution in [0, 0.1) is 0 Å². The molecule has 0 aromatic heterocycles. The van der Waals surface area contributed by atoms with Crippen molar-refractivity contribution in [1.29, 1.82) is 0 Å². The standard InChI is InChI=1S/C21H27N3O2/c1-3-14-24(15-4-2)19-12-10-17(11-13-19)16-22-23-21(26)20(25)18-8-6-5-7-9-18/h5-13,16,20,25H,3-4,14-15H2,1-2H3,(H,23,26)/b22-16-/t20-/m0/s1. The number of aliphatic hydroxyl groups excluding tert-OH is 1. The molecule has 0 bridgehead atoms. The Balaban J connectivity index is 1.92. The molecule has 138 valence electrons. The third-order valence-corrected chi connectivity index (χ3v) is 4.00. The van der Waals surface area contributed by atoms with E-state index in [1.807, 2.05) is 18.2 Å². The van der Waals surface area contributed by atoms with Gasteiger partial charge in [-0.25, -0.2) is 5.43 Å². The summed E-state index contributed by atoms with van der Waals surface area (Å²) in [7, 11) is 0. The molecule has 1 atom stereocenters. The molecule has 0 aliphatic rings. The van der Waals surface area contributed by atoms with Gasteiger partial charge in [-0.15, -0.1) is 0 Å². The van der Waals surface area contributed by atoms with Crippen molar-refractivity contribution in [3.8, 4) is 0 Å². The molecule has 0 radical (unpaired) electrons. The molecule has 2 aromatic carbocycles. The highest BCUT2D eigenvalue weighted by Gasteiger charge is 2.15. The second-order valence-corrected chi connectivity index (χ2v) is 6.13. The van der Waals surface area contributed by atoms with Crippen molar-refractivity contribution in [3.63, 3.8) is 0 Å². The average molecular weight is 353 g/mol. The van der Waals surface area contributed by atoms with E-state index >= 15 is 0 Å². The molecule has 0 heterocycles. The van der Waals surface area contributed by atoms with Gasteiger partial charge in [-0.1, -0.05) is 56.3 Å². The Morgan fingerprint density at radius 2 is 1.69 bits per heavy atom. The summed E-state index contributed by atoms with van der Waals surface area (Å²) in [5.74, 6) is -0.555. The van der Waals surface area contributed by atoms with Crippen molar-refractivity contribution in [1.82, 2.24) is 5.43 Å². The van der Waals surface area contributed by atoms with E-state index < -0.39 is 12.0 Å². The fourth-order valence-corrected chi connectivity index (χ4v) is 2.70. The Bertz CT molecular complexity index is 693. The molecule has 5 nitrogen and oxygen atoms in total. The number of hydrogen-bond acceptors (Lipinski definition) is 4. The summed E-state index contributed by atoms with van der Waals surface area (Å²) in [4.78, 5) is 14.3. The first-order chi connectivity index (χ1) is 12.7. The molecule has 0 saturated heterocycles. The first-order valence-corrected chi connectivity index (χ1v) is 9.06. The summed E-state index contributed by atoms with van der Waals surface area (Å²) < 4.78 is 0. The van der Waals surface area contributed by atoms with E-state index in [0.29, 0.717) is 5.56 Å². The molecular weight excluding hydrogens is 326 g/mol. The Hall–Kier alpha value is -2.66. The highest BCUT2D eigenvalue weighted by atomic mass is 16.3. The normalized spacial score (nSPS) is 12.1. The van der Waals surface area contributed by atoms with Crippen LogP contribution in [-0.4, -0.2) is 30.3 Å². The predicted octanol–water partition coefficient (Wildman–Crippen LogP) is 3.50. The first-order valence-electron chi connectivity index (χ1n) is 9.06. The van der Waals surface area contributed by atoms with Crippen molar-refractivity contribution < 1.29 is 9.90 Å². The van der Waals surface area contributed by atoms with Gasteiger partial charge < -0.3 is 10.0 Å². The fourth-order valence-electron chi connectivity index (χ4n) is 2.70. The van der Waals surface area contributed by atoms with Crippen molar-refractivity contribution in [2.45, 2.75) is 32.8 Å². The lowest BCUT2D eigenvalue weighted by atomic mass is 10.1. The highest BCUT2D eigenvalue weighted by Crippen LogP contribution is 2.16. The van der Waals surface area contributed by atoms with Crippen molar-refractivity contribution in [3.05, 3.63) is 65.7 Å². The maximum atomic E-state index is 11.9. The molecule has 26 heavy (non-hydrogen) atoms. The number of nitrogens with zero attached hydrogens (tertiary/aromatic N) is 2. The number of anilines is 1. The number of aliphatic hydroxyl groups is 1. The summed E-state index contributed by atoms with van der Waals surface area (Å²) in [6, 6.07) is 16.8. The Labute approximate surface area is 155 Å². The molecule has 0 fully saturated rings. The molecule has 2 aromatic rings. The van der Waals surface area contributed by atoms with Crippen LogP contribution in [0.2, 0.25) is 0 Å². The topological polar surface area (TPSA) is 64.9 Å². The number of amides is 1.